The Bertz CT molecular complexity index is 729. The Labute approximate surface area is 155 Å². The Morgan fingerprint density at radius 2 is 1.96 bits per heavy atom. The molecule has 4 rings (SSSR count). The molecule has 1 amide bonds. The van der Waals surface area contributed by atoms with E-state index in [-0.39, 0.29) is 11.9 Å². The minimum absolute atomic E-state index is 0.0838. The molecule has 1 aromatic carbocycles. The molecule has 2 heterocycles. The van der Waals surface area contributed by atoms with Crippen molar-refractivity contribution in [3.63, 3.8) is 0 Å². The minimum Gasteiger partial charge on any atom is -0.349 e. The summed E-state index contributed by atoms with van der Waals surface area (Å²) < 4.78 is 0. The van der Waals surface area contributed by atoms with E-state index >= 15 is 0 Å². The maximum absolute atomic E-state index is 12.6. The van der Waals surface area contributed by atoms with Gasteiger partial charge in [-0.3, -0.25) is 14.8 Å². The number of carbonyl (C=O) groups is 1. The number of piperidine rings is 1. The van der Waals surface area contributed by atoms with E-state index in [4.69, 9.17) is 0 Å². The number of hydrogen-bond acceptors (Lipinski definition) is 3. The summed E-state index contributed by atoms with van der Waals surface area (Å²) in [4.78, 5) is 15.1. The van der Waals surface area contributed by atoms with Crippen LogP contribution in [0.2, 0.25) is 0 Å². The smallest absolute Gasteiger partial charge is 0.271 e. The van der Waals surface area contributed by atoms with Gasteiger partial charge in [0, 0.05) is 18.2 Å². The van der Waals surface area contributed by atoms with Crippen LogP contribution in [0.1, 0.15) is 66.3 Å². The Morgan fingerprint density at radius 1 is 1.23 bits per heavy atom. The zero-order valence-electron chi connectivity index (χ0n) is 15.4. The number of aromatic nitrogens is 2. The number of aromatic amines is 1. The highest BCUT2D eigenvalue weighted by Gasteiger charge is 2.28. The van der Waals surface area contributed by atoms with Gasteiger partial charge in [0.05, 0.1) is 6.04 Å². The van der Waals surface area contributed by atoms with Gasteiger partial charge in [-0.25, -0.2) is 0 Å². The maximum atomic E-state index is 12.6. The highest BCUT2D eigenvalue weighted by atomic mass is 16.1. The van der Waals surface area contributed by atoms with Crippen LogP contribution in [0, 0.1) is 5.92 Å². The fourth-order valence-electron chi connectivity index (χ4n) is 3.81. The van der Waals surface area contributed by atoms with E-state index < -0.39 is 0 Å². The molecule has 0 radical (unpaired) electrons. The average Bonchev–Trinajstić information content (AvgIpc) is 3.40. The number of rotatable bonds is 6. The lowest BCUT2D eigenvalue weighted by Crippen LogP contribution is -2.42. The number of benzene rings is 1. The number of carbonyl (C=O) groups excluding carboxylic acids is 1. The summed E-state index contributed by atoms with van der Waals surface area (Å²) in [5.41, 5.74) is 2.87. The number of H-pyrrole nitrogens is 1. The minimum atomic E-state index is -0.0838. The maximum Gasteiger partial charge on any atom is 0.271 e. The molecule has 0 bridgehead atoms. The molecule has 2 aromatic rings. The van der Waals surface area contributed by atoms with Crippen LogP contribution in [0.15, 0.2) is 36.4 Å². The van der Waals surface area contributed by atoms with Gasteiger partial charge in [0.1, 0.15) is 5.69 Å². The topological polar surface area (TPSA) is 61.0 Å². The molecule has 2 fully saturated rings. The van der Waals surface area contributed by atoms with E-state index in [1.807, 2.05) is 12.1 Å². The van der Waals surface area contributed by atoms with E-state index in [1.165, 1.54) is 31.2 Å². The number of likely N-dealkylation sites (tertiary alicyclic amines) is 1. The van der Waals surface area contributed by atoms with Gasteiger partial charge in [-0.05, 0) is 56.3 Å². The van der Waals surface area contributed by atoms with Gasteiger partial charge >= 0.3 is 0 Å². The van der Waals surface area contributed by atoms with Crippen molar-refractivity contribution in [2.24, 2.45) is 5.92 Å². The first-order chi connectivity index (χ1) is 12.7. The molecular formula is C21H28N4O. The molecule has 1 saturated heterocycles. The van der Waals surface area contributed by atoms with Gasteiger partial charge < -0.3 is 5.32 Å². The standard InChI is InChI=1S/C21H28N4O/c1-15-9-11-25(12-10-15)20(17-5-3-2-4-6-17)14-22-21(26)19-13-18(23-24-19)16-7-8-16/h2-6,13,15-16,20H,7-12,14H2,1H3,(H,22,26)(H,23,24). The molecule has 2 N–H and O–H groups in total. The highest BCUT2D eigenvalue weighted by Crippen LogP contribution is 2.39. The first-order valence-corrected chi connectivity index (χ1v) is 9.83. The molecule has 1 atom stereocenters. The van der Waals surface area contributed by atoms with Crippen molar-refractivity contribution in [1.82, 2.24) is 20.4 Å². The zero-order chi connectivity index (χ0) is 17.9. The third-order valence-electron chi connectivity index (χ3n) is 5.75. The Hall–Kier alpha value is -2.14. The van der Waals surface area contributed by atoms with Crippen LogP contribution in [-0.2, 0) is 0 Å². The molecule has 138 valence electrons. The van der Waals surface area contributed by atoms with Crippen LogP contribution < -0.4 is 5.32 Å². The average molecular weight is 352 g/mol. The molecule has 5 nitrogen and oxygen atoms in total. The second kappa shape index (κ2) is 7.62. The quantitative estimate of drug-likeness (QED) is 0.836. The number of nitrogens with zero attached hydrogens (tertiary/aromatic N) is 2. The predicted molar refractivity (Wildman–Crippen MR) is 102 cm³/mol. The van der Waals surface area contributed by atoms with E-state index in [1.54, 1.807) is 0 Å². The fourth-order valence-corrected chi connectivity index (χ4v) is 3.81. The number of nitrogens with one attached hydrogen (secondary N) is 2. The van der Waals surface area contributed by atoms with E-state index in [2.05, 4.69) is 51.6 Å². The van der Waals surface area contributed by atoms with E-state index in [0.29, 0.717) is 18.2 Å². The lowest BCUT2D eigenvalue weighted by molar-refractivity contribution is 0.0908. The molecule has 0 spiro atoms. The summed E-state index contributed by atoms with van der Waals surface area (Å²) in [7, 11) is 0. The van der Waals surface area contributed by atoms with Crippen LogP contribution in [0.4, 0.5) is 0 Å². The lowest BCUT2D eigenvalue weighted by atomic mass is 9.95. The monoisotopic (exact) mass is 352 g/mol. The van der Waals surface area contributed by atoms with Crippen molar-refractivity contribution >= 4 is 5.91 Å². The summed E-state index contributed by atoms with van der Waals surface area (Å²) in [5.74, 6) is 1.29. The predicted octanol–water partition coefficient (Wildman–Crippen LogP) is 3.49. The molecule has 1 unspecified atom stereocenters. The van der Waals surface area contributed by atoms with Gasteiger partial charge in [0.25, 0.3) is 5.91 Å². The molecule has 26 heavy (non-hydrogen) atoms. The lowest BCUT2D eigenvalue weighted by Gasteiger charge is -2.37. The molecule has 2 aliphatic rings. The Kier molecular flexibility index (Phi) is 5.07. The van der Waals surface area contributed by atoms with Crippen molar-refractivity contribution in [2.45, 2.75) is 44.6 Å². The first kappa shape index (κ1) is 17.3. The molecule has 5 heteroatoms. The van der Waals surface area contributed by atoms with Crippen molar-refractivity contribution in [1.29, 1.82) is 0 Å². The van der Waals surface area contributed by atoms with Gasteiger partial charge in [0.15, 0.2) is 0 Å². The van der Waals surface area contributed by atoms with Crippen molar-refractivity contribution < 1.29 is 4.79 Å². The third-order valence-corrected chi connectivity index (χ3v) is 5.75. The molecule has 1 aromatic heterocycles. The molecule has 1 aliphatic carbocycles. The van der Waals surface area contributed by atoms with Crippen LogP contribution in [0.25, 0.3) is 0 Å². The van der Waals surface area contributed by atoms with Gasteiger partial charge in [-0.2, -0.15) is 5.10 Å². The number of hydrogen-bond donors (Lipinski definition) is 2. The van der Waals surface area contributed by atoms with E-state index in [0.717, 1.165) is 24.7 Å². The van der Waals surface area contributed by atoms with Gasteiger partial charge in [-0.15, -0.1) is 0 Å². The summed E-state index contributed by atoms with van der Waals surface area (Å²) in [5, 5.41) is 10.3. The van der Waals surface area contributed by atoms with Crippen LogP contribution in [0.5, 0.6) is 0 Å². The second-order valence-corrected chi connectivity index (χ2v) is 7.84. The normalized spacial score (nSPS) is 20.0. The second-order valence-electron chi connectivity index (χ2n) is 7.84. The van der Waals surface area contributed by atoms with Gasteiger partial charge in [0.2, 0.25) is 0 Å². The molecule has 1 saturated carbocycles. The fraction of sp³-hybridized carbons (Fsp3) is 0.524. The van der Waals surface area contributed by atoms with Crippen LogP contribution >= 0.6 is 0 Å². The van der Waals surface area contributed by atoms with Crippen LogP contribution in [-0.4, -0.2) is 40.6 Å². The largest absolute Gasteiger partial charge is 0.349 e. The molecular weight excluding hydrogens is 324 g/mol. The van der Waals surface area contributed by atoms with Gasteiger partial charge in [-0.1, -0.05) is 37.3 Å². The summed E-state index contributed by atoms with van der Waals surface area (Å²) in [6.45, 7) is 5.12. The van der Waals surface area contributed by atoms with Crippen LogP contribution in [0.3, 0.4) is 0 Å². The highest BCUT2D eigenvalue weighted by molar-refractivity contribution is 5.92. The summed E-state index contributed by atoms with van der Waals surface area (Å²) >= 11 is 0. The van der Waals surface area contributed by atoms with Crippen molar-refractivity contribution in [2.75, 3.05) is 19.6 Å². The Morgan fingerprint density at radius 3 is 2.65 bits per heavy atom. The SMILES string of the molecule is CC1CCN(C(CNC(=O)c2cc(C3CC3)[nH]n2)c2ccccc2)CC1. The molecule has 1 aliphatic heterocycles. The zero-order valence-corrected chi connectivity index (χ0v) is 15.4. The number of amides is 1. The van der Waals surface area contributed by atoms with Crippen molar-refractivity contribution in [3.05, 3.63) is 53.3 Å². The first-order valence-electron chi connectivity index (χ1n) is 9.83. The summed E-state index contributed by atoms with van der Waals surface area (Å²) in [6, 6.07) is 12.6. The third kappa shape index (κ3) is 3.98. The Balaban J connectivity index is 1.43. The van der Waals surface area contributed by atoms with Crippen molar-refractivity contribution in [3.8, 4) is 0 Å². The van der Waals surface area contributed by atoms with E-state index in [9.17, 15) is 4.79 Å². The summed E-state index contributed by atoms with van der Waals surface area (Å²) in [6.07, 6.45) is 4.85.